The summed E-state index contributed by atoms with van der Waals surface area (Å²) in [6.07, 6.45) is 1.81. The Morgan fingerprint density at radius 1 is 1.21 bits per heavy atom. The minimum Gasteiger partial charge on any atom is -0.263 e. The average molecular weight is 278 g/mol. The van der Waals surface area contributed by atoms with Crippen molar-refractivity contribution in [2.24, 2.45) is 0 Å². The van der Waals surface area contributed by atoms with Crippen LogP contribution in [-0.4, -0.2) is 27.1 Å². The largest absolute Gasteiger partial charge is 0.263 e. The number of nitrogens with one attached hydrogen (secondary N) is 3. The van der Waals surface area contributed by atoms with Gasteiger partial charge in [0.2, 0.25) is 0 Å². The van der Waals surface area contributed by atoms with Gasteiger partial charge >= 0.3 is 0 Å². The molecule has 0 spiro atoms. The number of H-pyrrole nitrogens is 1. The minimum atomic E-state index is -0.0246. The Kier molecular flexibility index (Phi) is 3.77. The molecule has 19 heavy (non-hydrogen) atoms. The Labute approximate surface area is 116 Å². The molecule has 3 N–H and O–H groups in total. The highest BCUT2D eigenvalue weighted by atomic mass is 35.5. The quantitative estimate of drug-likeness (QED) is 0.738. The first-order valence-corrected chi connectivity index (χ1v) is 6.84. The number of rotatable bonds is 4. The van der Waals surface area contributed by atoms with Crippen LogP contribution in [0.5, 0.6) is 0 Å². The monoisotopic (exact) mass is 277 g/mol. The Hall–Kier alpha value is -1.43. The lowest BCUT2D eigenvalue weighted by atomic mass is 10.1. The molecule has 1 aliphatic rings. The molecule has 0 amide bonds. The van der Waals surface area contributed by atoms with Crippen LogP contribution in [0.1, 0.15) is 23.3 Å². The smallest absolute Gasteiger partial charge is 0.170 e. The van der Waals surface area contributed by atoms with Crippen LogP contribution in [0.25, 0.3) is 0 Å². The summed E-state index contributed by atoms with van der Waals surface area (Å²) in [4.78, 5) is 4.50. The van der Waals surface area contributed by atoms with Crippen molar-refractivity contribution in [1.29, 1.82) is 0 Å². The number of aromatic amines is 1. The Balaban J connectivity index is 1.62. The molecule has 2 atom stereocenters. The molecular formula is C13H16ClN5. The van der Waals surface area contributed by atoms with Crippen LogP contribution in [-0.2, 0) is 12.8 Å². The van der Waals surface area contributed by atoms with Crippen LogP contribution in [0.3, 0.4) is 0 Å². The predicted molar refractivity (Wildman–Crippen MR) is 73.8 cm³/mol. The van der Waals surface area contributed by atoms with E-state index < -0.39 is 0 Å². The van der Waals surface area contributed by atoms with Gasteiger partial charge in [-0.1, -0.05) is 30.3 Å². The van der Waals surface area contributed by atoms with Gasteiger partial charge in [-0.3, -0.25) is 10.5 Å². The van der Waals surface area contributed by atoms with Crippen molar-refractivity contribution in [3.63, 3.8) is 0 Å². The van der Waals surface area contributed by atoms with E-state index in [1.807, 2.05) is 18.2 Å². The molecule has 6 heteroatoms. The summed E-state index contributed by atoms with van der Waals surface area (Å²) in [5, 5.41) is 7.21. The van der Waals surface area contributed by atoms with Gasteiger partial charge in [-0.05, 0) is 12.0 Å². The standard InChI is InChI=1S/C13H16ClN5/c14-10-8-15-18-12(10)13-16-11(17-19-13)7-6-9-4-2-1-3-5-9/h1-5,10,12,15,18H,6-8H2,(H,16,17,19). The zero-order valence-electron chi connectivity index (χ0n) is 10.4. The number of hydrogen-bond acceptors (Lipinski definition) is 4. The van der Waals surface area contributed by atoms with Crippen LogP contribution in [0, 0.1) is 0 Å². The Morgan fingerprint density at radius 2 is 2.05 bits per heavy atom. The predicted octanol–water partition coefficient (Wildman–Crippen LogP) is 1.35. The number of aryl methyl sites for hydroxylation is 2. The number of alkyl halides is 1. The lowest BCUT2D eigenvalue weighted by Crippen LogP contribution is -2.25. The highest BCUT2D eigenvalue weighted by Crippen LogP contribution is 2.20. The average Bonchev–Trinajstić information content (AvgIpc) is 3.06. The van der Waals surface area contributed by atoms with Crippen molar-refractivity contribution in [3.8, 4) is 0 Å². The van der Waals surface area contributed by atoms with E-state index in [1.54, 1.807) is 0 Å². The SMILES string of the molecule is ClC1CNNC1c1n[nH]c(CCc2ccccc2)n1. The third kappa shape index (κ3) is 2.94. The van der Waals surface area contributed by atoms with Gasteiger partial charge in [-0.25, -0.2) is 10.4 Å². The summed E-state index contributed by atoms with van der Waals surface area (Å²) in [5.74, 6) is 1.63. The third-order valence-electron chi connectivity index (χ3n) is 3.24. The number of aromatic nitrogens is 3. The van der Waals surface area contributed by atoms with Gasteiger partial charge < -0.3 is 0 Å². The summed E-state index contributed by atoms with van der Waals surface area (Å²) >= 11 is 6.18. The molecule has 0 aliphatic carbocycles. The van der Waals surface area contributed by atoms with E-state index in [4.69, 9.17) is 11.6 Å². The Bertz CT molecular complexity index is 527. The van der Waals surface area contributed by atoms with Crippen LogP contribution in [0.4, 0.5) is 0 Å². The molecular weight excluding hydrogens is 262 g/mol. The molecule has 0 bridgehead atoms. The highest BCUT2D eigenvalue weighted by Gasteiger charge is 2.29. The second kappa shape index (κ2) is 5.69. The maximum Gasteiger partial charge on any atom is 0.170 e. The van der Waals surface area contributed by atoms with Crippen molar-refractivity contribution >= 4 is 11.6 Å². The van der Waals surface area contributed by atoms with Crippen molar-refractivity contribution in [2.75, 3.05) is 6.54 Å². The number of hydrogen-bond donors (Lipinski definition) is 3. The molecule has 0 radical (unpaired) electrons. The fourth-order valence-electron chi connectivity index (χ4n) is 2.17. The van der Waals surface area contributed by atoms with E-state index in [9.17, 15) is 0 Å². The highest BCUT2D eigenvalue weighted by molar-refractivity contribution is 6.21. The minimum absolute atomic E-state index is 0.0160. The zero-order chi connectivity index (χ0) is 13.1. The van der Waals surface area contributed by atoms with E-state index in [2.05, 4.69) is 38.2 Å². The van der Waals surface area contributed by atoms with Gasteiger partial charge in [-0.2, -0.15) is 5.10 Å². The first-order valence-electron chi connectivity index (χ1n) is 6.40. The van der Waals surface area contributed by atoms with E-state index in [0.717, 1.165) is 31.0 Å². The maximum atomic E-state index is 6.18. The van der Waals surface area contributed by atoms with E-state index in [1.165, 1.54) is 5.56 Å². The van der Waals surface area contributed by atoms with Crippen molar-refractivity contribution < 1.29 is 0 Å². The molecule has 0 saturated carbocycles. The van der Waals surface area contributed by atoms with Crippen LogP contribution < -0.4 is 10.9 Å². The van der Waals surface area contributed by atoms with Crippen molar-refractivity contribution in [1.82, 2.24) is 26.0 Å². The molecule has 3 rings (SSSR count). The second-order valence-corrected chi connectivity index (χ2v) is 5.21. The molecule has 1 saturated heterocycles. The topological polar surface area (TPSA) is 65.6 Å². The third-order valence-corrected chi connectivity index (χ3v) is 3.64. The van der Waals surface area contributed by atoms with Crippen molar-refractivity contribution in [3.05, 3.63) is 47.5 Å². The van der Waals surface area contributed by atoms with Crippen LogP contribution >= 0.6 is 11.6 Å². The van der Waals surface area contributed by atoms with Gasteiger partial charge in [0, 0.05) is 13.0 Å². The second-order valence-electron chi connectivity index (χ2n) is 4.64. The molecule has 1 aliphatic heterocycles. The summed E-state index contributed by atoms with van der Waals surface area (Å²) in [5.41, 5.74) is 7.40. The normalized spacial score (nSPS) is 22.8. The first-order chi connectivity index (χ1) is 9.33. The molecule has 2 aromatic rings. The summed E-state index contributed by atoms with van der Waals surface area (Å²) in [7, 11) is 0. The van der Waals surface area contributed by atoms with Gasteiger partial charge in [0.15, 0.2) is 5.82 Å². The van der Waals surface area contributed by atoms with Crippen LogP contribution in [0.2, 0.25) is 0 Å². The summed E-state index contributed by atoms with van der Waals surface area (Å²) in [6.45, 7) is 0.722. The Morgan fingerprint density at radius 3 is 2.79 bits per heavy atom. The lowest BCUT2D eigenvalue weighted by molar-refractivity contribution is 0.557. The number of benzene rings is 1. The van der Waals surface area contributed by atoms with Gasteiger partial charge in [0.25, 0.3) is 0 Å². The molecule has 2 heterocycles. The number of halogens is 1. The molecule has 5 nitrogen and oxygen atoms in total. The lowest BCUT2D eigenvalue weighted by Gasteiger charge is -2.07. The van der Waals surface area contributed by atoms with Gasteiger partial charge in [-0.15, -0.1) is 11.6 Å². The van der Waals surface area contributed by atoms with E-state index in [0.29, 0.717) is 0 Å². The van der Waals surface area contributed by atoms with E-state index >= 15 is 0 Å². The number of hydrazine groups is 1. The molecule has 1 aromatic carbocycles. The van der Waals surface area contributed by atoms with Gasteiger partial charge in [0.1, 0.15) is 11.9 Å². The fraction of sp³-hybridized carbons (Fsp3) is 0.385. The molecule has 1 fully saturated rings. The number of nitrogens with zero attached hydrogens (tertiary/aromatic N) is 2. The molecule has 2 unspecified atom stereocenters. The van der Waals surface area contributed by atoms with Crippen LogP contribution in [0.15, 0.2) is 30.3 Å². The molecule has 1 aromatic heterocycles. The summed E-state index contributed by atoms with van der Waals surface area (Å²) in [6, 6.07) is 10.3. The van der Waals surface area contributed by atoms with Gasteiger partial charge in [0.05, 0.1) is 5.38 Å². The summed E-state index contributed by atoms with van der Waals surface area (Å²) < 4.78 is 0. The fourth-order valence-corrected chi connectivity index (χ4v) is 2.42. The zero-order valence-corrected chi connectivity index (χ0v) is 11.2. The maximum absolute atomic E-state index is 6.18. The first kappa shape index (κ1) is 12.6. The van der Waals surface area contributed by atoms with E-state index in [-0.39, 0.29) is 11.4 Å². The van der Waals surface area contributed by atoms with Crippen molar-refractivity contribution in [2.45, 2.75) is 24.3 Å². The molecule has 100 valence electrons.